The van der Waals surface area contributed by atoms with E-state index in [2.05, 4.69) is 10.3 Å². The maximum absolute atomic E-state index is 14.2. The van der Waals surface area contributed by atoms with Crippen LogP contribution in [0.15, 0.2) is 34.2 Å². The standard InChI is InChI=1S/C17H18FN3O2S/c1-3-8-24-17-20-16(23)14-11(10-6-4-5-7-12(10)18)9-13(22)19-15(14)21(17)2/h4-7,11H,3,8-9H2,1-2H3,(H,19,22). The van der Waals surface area contributed by atoms with E-state index >= 15 is 0 Å². The Morgan fingerprint density at radius 2 is 2.12 bits per heavy atom. The van der Waals surface area contributed by atoms with Crippen molar-refractivity contribution in [3.63, 3.8) is 0 Å². The molecule has 3 rings (SSSR count). The topological polar surface area (TPSA) is 64.0 Å². The van der Waals surface area contributed by atoms with Gasteiger partial charge < -0.3 is 9.88 Å². The predicted molar refractivity (Wildman–Crippen MR) is 92.0 cm³/mol. The van der Waals surface area contributed by atoms with Gasteiger partial charge >= 0.3 is 0 Å². The van der Waals surface area contributed by atoms with Crippen molar-refractivity contribution < 1.29 is 9.18 Å². The number of hydrogen-bond acceptors (Lipinski definition) is 4. The van der Waals surface area contributed by atoms with Crippen LogP contribution in [0.4, 0.5) is 10.2 Å². The lowest BCUT2D eigenvalue weighted by molar-refractivity contribution is -0.116. The van der Waals surface area contributed by atoms with Crippen LogP contribution in [-0.2, 0) is 11.8 Å². The number of rotatable bonds is 4. The van der Waals surface area contributed by atoms with Crippen molar-refractivity contribution in [3.05, 3.63) is 51.6 Å². The first-order valence-electron chi connectivity index (χ1n) is 7.81. The molecule has 1 amide bonds. The highest BCUT2D eigenvalue weighted by Crippen LogP contribution is 2.36. The van der Waals surface area contributed by atoms with Crippen molar-refractivity contribution in [1.82, 2.24) is 9.55 Å². The van der Waals surface area contributed by atoms with Gasteiger partial charge in [0, 0.05) is 25.1 Å². The first-order valence-corrected chi connectivity index (χ1v) is 8.79. The van der Waals surface area contributed by atoms with Crippen LogP contribution in [0, 0.1) is 5.82 Å². The largest absolute Gasteiger partial charge is 0.312 e. The Bertz CT molecular complexity index is 850. The Morgan fingerprint density at radius 3 is 2.83 bits per heavy atom. The van der Waals surface area contributed by atoms with Gasteiger partial charge in [0.1, 0.15) is 11.6 Å². The molecule has 126 valence electrons. The van der Waals surface area contributed by atoms with Crippen LogP contribution in [0.5, 0.6) is 0 Å². The Labute approximate surface area is 143 Å². The van der Waals surface area contributed by atoms with Gasteiger partial charge in [-0.3, -0.25) is 9.59 Å². The molecular weight excluding hydrogens is 329 g/mol. The molecule has 1 atom stereocenters. The number of fused-ring (bicyclic) bond motifs is 1. The third-order valence-electron chi connectivity index (χ3n) is 4.02. The second-order valence-electron chi connectivity index (χ2n) is 5.70. The van der Waals surface area contributed by atoms with Gasteiger partial charge in [-0.1, -0.05) is 36.9 Å². The number of benzene rings is 1. The van der Waals surface area contributed by atoms with Crippen molar-refractivity contribution in [2.75, 3.05) is 11.1 Å². The molecule has 0 bridgehead atoms. The van der Waals surface area contributed by atoms with E-state index in [4.69, 9.17) is 0 Å². The van der Waals surface area contributed by atoms with Gasteiger partial charge in [0.15, 0.2) is 5.16 Å². The molecule has 1 N–H and O–H groups in total. The molecule has 24 heavy (non-hydrogen) atoms. The van der Waals surface area contributed by atoms with Crippen LogP contribution < -0.4 is 10.9 Å². The molecule has 0 aliphatic carbocycles. The summed E-state index contributed by atoms with van der Waals surface area (Å²) in [5.74, 6) is -0.0356. The Kier molecular flexibility index (Phi) is 4.71. The van der Waals surface area contributed by atoms with E-state index < -0.39 is 17.3 Å². The third-order valence-corrected chi connectivity index (χ3v) is 5.25. The number of hydrogen-bond donors (Lipinski definition) is 1. The van der Waals surface area contributed by atoms with Crippen molar-refractivity contribution >= 4 is 23.5 Å². The molecule has 0 fully saturated rings. The normalized spacial score (nSPS) is 16.6. The summed E-state index contributed by atoms with van der Waals surface area (Å²) in [6.45, 7) is 2.04. The van der Waals surface area contributed by atoms with Crippen LogP contribution in [-0.4, -0.2) is 21.2 Å². The molecule has 2 heterocycles. The molecule has 0 spiro atoms. The summed E-state index contributed by atoms with van der Waals surface area (Å²) >= 11 is 1.46. The highest BCUT2D eigenvalue weighted by molar-refractivity contribution is 7.99. The molecule has 1 aliphatic rings. The summed E-state index contributed by atoms with van der Waals surface area (Å²) in [4.78, 5) is 28.9. The minimum Gasteiger partial charge on any atom is -0.312 e. The number of nitrogens with zero attached hydrogens (tertiary/aromatic N) is 2. The molecule has 1 aliphatic heterocycles. The monoisotopic (exact) mass is 347 g/mol. The fraction of sp³-hybridized carbons (Fsp3) is 0.353. The first-order chi connectivity index (χ1) is 11.5. The highest BCUT2D eigenvalue weighted by atomic mass is 32.2. The van der Waals surface area contributed by atoms with E-state index in [1.165, 1.54) is 17.8 Å². The maximum atomic E-state index is 14.2. The lowest BCUT2D eigenvalue weighted by atomic mass is 9.86. The predicted octanol–water partition coefficient (Wildman–Crippen LogP) is 2.90. The molecule has 0 saturated heterocycles. The number of amides is 1. The van der Waals surface area contributed by atoms with Gasteiger partial charge in [0.05, 0.1) is 5.56 Å². The van der Waals surface area contributed by atoms with Gasteiger partial charge in [-0.05, 0) is 18.1 Å². The third kappa shape index (κ3) is 2.96. The lowest BCUT2D eigenvalue weighted by Crippen LogP contribution is -2.33. The van der Waals surface area contributed by atoms with E-state index in [9.17, 15) is 14.0 Å². The molecule has 0 radical (unpaired) electrons. The van der Waals surface area contributed by atoms with E-state index in [1.807, 2.05) is 6.92 Å². The average Bonchev–Trinajstić information content (AvgIpc) is 2.56. The van der Waals surface area contributed by atoms with E-state index in [0.29, 0.717) is 22.1 Å². The quantitative estimate of drug-likeness (QED) is 0.682. The number of anilines is 1. The minimum atomic E-state index is -0.619. The van der Waals surface area contributed by atoms with Gasteiger partial charge in [0.2, 0.25) is 5.91 Å². The molecule has 2 aromatic rings. The number of carbonyl (C=O) groups excluding carboxylic acids is 1. The number of carbonyl (C=O) groups is 1. The summed E-state index contributed by atoms with van der Waals surface area (Å²) in [7, 11) is 1.76. The first kappa shape index (κ1) is 16.7. The Hall–Kier alpha value is -2.15. The van der Waals surface area contributed by atoms with E-state index in [1.54, 1.807) is 29.8 Å². The van der Waals surface area contributed by atoms with E-state index in [-0.39, 0.29) is 12.3 Å². The molecule has 0 saturated carbocycles. The summed E-state index contributed by atoms with van der Waals surface area (Å²) in [5, 5.41) is 3.30. The summed E-state index contributed by atoms with van der Waals surface area (Å²) in [5.41, 5.74) is 0.291. The molecule has 1 aromatic heterocycles. The number of nitrogens with one attached hydrogen (secondary N) is 1. The van der Waals surface area contributed by atoms with Crippen LogP contribution in [0.1, 0.15) is 36.8 Å². The fourth-order valence-corrected chi connectivity index (χ4v) is 3.70. The SMILES string of the molecule is CCCSc1nc(=O)c2c(n1C)NC(=O)CC2c1ccccc1F. The van der Waals surface area contributed by atoms with Crippen molar-refractivity contribution in [2.24, 2.45) is 7.05 Å². The van der Waals surface area contributed by atoms with Crippen molar-refractivity contribution in [3.8, 4) is 0 Å². The molecule has 7 heteroatoms. The summed E-state index contributed by atoms with van der Waals surface area (Å²) in [6, 6.07) is 6.24. The van der Waals surface area contributed by atoms with Crippen molar-refractivity contribution in [1.29, 1.82) is 0 Å². The molecule has 5 nitrogen and oxygen atoms in total. The number of thioether (sulfide) groups is 1. The van der Waals surface area contributed by atoms with Crippen LogP contribution in [0.3, 0.4) is 0 Å². The molecule has 1 aromatic carbocycles. The highest BCUT2D eigenvalue weighted by Gasteiger charge is 2.33. The van der Waals surface area contributed by atoms with Crippen LogP contribution in [0.2, 0.25) is 0 Å². The van der Waals surface area contributed by atoms with Crippen LogP contribution in [0.25, 0.3) is 0 Å². The smallest absolute Gasteiger partial charge is 0.279 e. The zero-order valence-corrected chi connectivity index (χ0v) is 14.3. The maximum Gasteiger partial charge on any atom is 0.279 e. The molecule has 1 unspecified atom stereocenters. The Balaban J connectivity index is 2.17. The zero-order chi connectivity index (χ0) is 17.3. The second-order valence-corrected chi connectivity index (χ2v) is 6.76. The molecular formula is C17H18FN3O2S. The zero-order valence-electron chi connectivity index (χ0n) is 13.5. The van der Waals surface area contributed by atoms with Gasteiger partial charge in [-0.25, -0.2) is 4.39 Å². The van der Waals surface area contributed by atoms with E-state index in [0.717, 1.165) is 12.2 Å². The lowest BCUT2D eigenvalue weighted by Gasteiger charge is -2.27. The number of halogens is 1. The number of aromatic nitrogens is 2. The van der Waals surface area contributed by atoms with Crippen molar-refractivity contribution in [2.45, 2.75) is 30.8 Å². The summed E-state index contributed by atoms with van der Waals surface area (Å²) < 4.78 is 15.9. The van der Waals surface area contributed by atoms with Gasteiger partial charge in [-0.2, -0.15) is 4.98 Å². The minimum absolute atomic E-state index is 0.0340. The summed E-state index contributed by atoms with van der Waals surface area (Å²) in [6.07, 6.45) is 0.980. The fourth-order valence-electron chi connectivity index (χ4n) is 2.88. The van der Waals surface area contributed by atoms with Crippen LogP contribution >= 0.6 is 11.8 Å². The average molecular weight is 347 g/mol. The second kappa shape index (κ2) is 6.76. The van der Waals surface area contributed by atoms with Gasteiger partial charge in [0.25, 0.3) is 5.56 Å². The Morgan fingerprint density at radius 1 is 1.38 bits per heavy atom. The van der Waals surface area contributed by atoms with Gasteiger partial charge in [-0.15, -0.1) is 0 Å².